The zero-order valence-corrected chi connectivity index (χ0v) is 12.2. The highest BCUT2D eigenvalue weighted by Gasteiger charge is 2.44. The fraction of sp³-hybridized carbons (Fsp3) is 0.667. The molecule has 2 heterocycles. The lowest BCUT2D eigenvalue weighted by Gasteiger charge is -2.33. The number of carbonyl (C=O) groups is 1. The molecule has 0 saturated carbocycles. The highest BCUT2D eigenvalue weighted by Crippen LogP contribution is 2.42. The molecule has 2 N–H and O–H groups in total. The maximum atomic E-state index is 12.2. The first-order valence-electron chi connectivity index (χ1n) is 5.87. The second-order valence-corrected chi connectivity index (χ2v) is 7.06. The number of hydrogen-bond acceptors (Lipinski definition) is 5. The Balaban J connectivity index is 2.24. The van der Waals surface area contributed by atoms with E-state index in [-0.39, 0.29) is 6.09 Å². The van der Waals surface area contributed by atoms with Crippen LogP contribution in [0.15, 0.2) is 0 Å². The standard InChI is InChI=1S/C12H19N3O2S/c1-11(2,3)17-10(16)15-6-7-8(12(15,4)5)14-9(13)18-7/h6H2,1-5H3,(H2,13,14). The van der Waals surface area contributed by atoms with Crippen molar-refractivity contribution in [3.63, 3.8) is 0 Å². The minimum absolute atomic E-state index is 0.309. The van der Waals surface area contributed by atoms with Crippen molar-refractivity contribution in [1.29, 1.82) is 0 Å². The van der Waals surface area contributed by atoms with Crippen LogP contribution in [0.2, 0.25) is 0 Å². The number of nitrogens with zero attached hydrogens (tertiary/aromatic N) is 2. The lowest BCUT2D eigenvalue weighted by Crippen LogP contribution is -2.43. The monoisotopic (exact) mass is 269 g/mol. The van der Waals surface area contributed by atoms with Crippen LogP contribution in [-0.4, -0.2) is 21.6 Å². The average Bonchev–Trinajstić information content (AvgIpc) is 2.61. The molecule has 0 aromatic carbocycles. The van der Waals surface area contributed by atoms with E-state index in [0.717, 1.165) is 10.6 Å². The van der Waals surface area contributed by atoms with Crippen LogP contribution >= 0.6 is 11.3 Å². The predicted molar refractivity (Wildman–Crippen MR) is 71.3 cm³/mol. The van der Waals surface area contributed by atoms with Crippen LogP contribution in [0.25, 0.3) is 0 Å². The van der Waals surface area contributed by atoms with Crippen molar-refractivity contribution in [3.05, 3.63) is 10.6 Å². The smallest absolute Gasteiger partial charge is 0.411 e. The summed E-state index contributed by atoms with van der Waals surface area (Å²) in [6.07, 6.45) is -0.309. The molecule has 1 amide bonds. The lowest BCUT2D eigenvalue weighted by molar-refractivity contribution is 0.00477. The SMILES string of the molecule is CC(C)(C)OC(=O)N1Cc2sc(N)nc2C1(C)C. The number of ether oxygens (including phenoxy) is 1. The molecule has 0 bridgehead atoms. The summed E-state index contributed by atoms with van der Waals surface area (Å²) in [4.78, 5) is 19.2. The van der Waals surface area contributed by atoms with Crippen molar-refractivity contribution < 1.29 is 9.53 Å². The number of nitrogen functional groups attached to an aromatic ring is 1. The van der Waals surface area contributed by atoms with E-state index in [1.165, 1.54) is 11.3 Å². The third kappa shape index (κ3) is 2.16. The van der Waals surface area contributed by atoms with Gasteiger partial charge in [-0.3, -0.25) is 4.90 Å². The van der Waals surface area contributed by atoms with Gasteiger partial charge in [-0.05, 0) is 34.6 Å². The molecule has 5 nitrogen and oxygen atoms in total. The molecular weight excluding hydrogens is 250 g/mol. The maximum absolute atomic E-state index is 12.2. The van der Waals surface area contributed by atoms with Crippen molar-refractivity contribution in [2.24, 2.45) is 0 Å². The molecule has 2 rings (SSSR count). The highest BCUT2D eigenvalue weighted by molar-refractivity contribution is 7.15. The highest BCUT2D eigenvalue weighted by atomic mass is 32.1. The van der Waals surface area contributed by atoms with E-state index in [9.17, 15) is 4.79 Å². The second-order valence-electron chi connectivity index (χ2n) is 5.95. The molecule has 18 heavy (non-hydrogen) atoms. The van der Waals surface area contributed by atoms with Crippen molar-refractivity contribution in [3.8, 4) is 0 Å². The quantitative estimate of drug-likeness (QED) is 0.786. The molecule has 0 spiro atoms. The molecule has 1 aliphatic rings. The molecule has 1 aromatic heterocycles. The van der Waals surface area contributed by atoms with Crippen LogP contribution in [0, 0.1) is 0 Å². The summed E-state index contributed by atoms with van der Waals surface area (Å²) in [6, 6.07) is 0. The number of hydrogen-bond donors (Lipinski definition) is 1. The number of carbonyl (C=O) groups excluding carboxylic acids is 1. The third-order valence-electron chi connectivity index (χ3n) is 2.88. The van der Waals surface area contributed by atoms with Crippen LogP contribution in [0.1, 0.15) is 45.2 Å². The Morgan fingerprint density at radius 3 is 2.61 bits per heavy atom. The normalized spacial score (nSPS) is 17.7. The van der Waals surface area contributed by atoms with Gasteiger partial charge in [-0.25, -0.2) is 9.78 Å². The van der Waals surface area contributed by atoms with E-state index >= 15 is 0 Å². The fourth-order valence-corrected chi connectivity index (χ4v) is 3.01. The summed E-state index contributed by atoms with van der Waals surface area (Å²) >= 11 is 1.44. The van der Waals surface area contributed by atoms with Gasteiger partial charge in [-0.1, -0.05) is 0 Å². The van der Waals surface area contributed by atoms with Gasteiger partial charge in [-0.15, -0.1) is 11.3 Å². The van der Waals surface area contributed by atoms with Gasteiger partial charge < -0.3 is 10.5 Å². The van der Waals surface area contributed by atoms with Gasteiger partial charge in [0.1, 0.15) is 5.60 Å². The summed E-state index contributed by atoms with van der Waals surface area (Å²) in [5, 5.41) is 0.553. The minimum atomic E-state index is -0.490. The number of fused-ring (bicyclic) bond motifs is 1. The molecule has 0 saturated heterocycles. The molecule has 1 aliphatic heterocycles. The van der Waals surface area contributed by atoms with Gasteiger partial charge in [0, 0.05) is 0 Å². The Labute approximate surface area is 111 Å². The Bertz CT molecular complexity index is 488. The molecule has 6 heteroatoms. The average molecular weight is 269 g/mol. The number of amides is 1. The number of anilines is 1. The van der Waals surface area contributed by atoms with Crippen molar-refractivity contribution in [1.82, 2.24) is 9.88 Å². The molecule has 0 fully saturated rings. The first-order valence-corrected chi connectivity index (χ1v) is 6.69. The Hall–Kier alpha value is -1.30. The summed E-state index contributed by atoms with van der Waals surface area (Å²) < 4.78 is 5.42. The lowest BCUT2D eigenvalue weighted by atomic mass is 10.0. The summed E-state index contributed by atoms with van der Waals surface area (Å²) in [6.45, 7) is 10.0. The number of rotatable bonds is 0. The van der Waals surface area contributed by atoms with E-state index in [0.29, 0.717) is 11.7 Å². The Kier molecular flexibility index (Phi) is 2.81. The summed E-state index contributed by atoms with van der Waals surface area (Å²) in [5.74, 6) is 0. The number of aromatic nitrogens is 1. The van der Waals surface area contributed by atoms with Crippen molar-refractivity contribution in [2.75, 3.05) is 5.73 Å². The molecule has 0 aliphatic carbocycles. The largest absolute Gasteiger partial charge is 0.444 e. The Morgan fingerprint density at radius 1 is 1.50 bits per heavy atom. The fourth-order valence-electron chi connectivity index (χ4n) is 2.03. The Morgan fingerprint density at radius 2 is 2.11 bits per heavy atom. The third-order valence-corrected chi connectivity index (χ3v) is 3.75. The topological polar surface area (TPSA) is 68.5 Å². The summed E-state index contributed by atoms with van der Waals surface area (Å²) in [5.41, 5.74) is 5.63. The zero-order valence-electron chi connectivity index (χ0n) is 11.4. The minimum Gasteiger partial charge on any atom is -0.444 e. The van der Waals surface area contributed by atoms with E-state index in [1.807, 2.05) is 34.6 Å². The zero-order chi connectivity index (χ0) is 13.7. The van der Waals surface area contributed by atoms with Crippen LogP contribution < -0.4 is 5.73 Å². The predicted octanol–water partition coefficient (Wildman–Crippen LogP) is 2.71. The van der Waals surface area contributed by atoms with E-state index in [1.54, 1.807) is 4.90 Å². The van der Waals surface area contributed by atoms with Crippen molar-refractivity contribution in [2.45, 2.75) is 52.3 Å². The van der Waals surface area contributed by atoms with Crippen LogP contribution in [0.3, 0.4) is 0 Å². The molecule has 0 atom stereocenters. The molecule has 0 unspecified atom stereocenters. The van der Waals surface area contributed by atoms with E-state index in [4.69, 9.17) is 10.5 Å². The number of nitrogens with two attached hydrogens (primary N) is 1. The second kappa shape index (κ2) is 3.85. The maximum Gasteiger partial charge on any atom is 0.411 e. The van der Waals surface area contributed by atoms with Crippen LogP contribution in [0.5, 0.6) is 0 Å². The molecular formula is C12H19N3O2S. The summed E-state index contributed by atoms with van der Waals surface area (Å²) in [7, 11) is 0. The van der Waals surface area contributed by atoms with Gasteiger partial charge in [0.05, 0.1) is 22.7 Å². The number of thiazole rings is 1. The first kappa shape index (κ1) is 13.1. The van der Waals surface area contributed by atoms with Crippen molar-refractivity contribution >= 4 is 22.6 Å². The van der Waals surface area contributed by atoms with E-state index in [2.05, 4.69) is 4.98 Å². The molecule has 0 radical (unpaired) electrons. The van der Waals surface area contributed by atoms with Gasteiger partial charge in [0.2, 0.25) is 0 Å². The van der Waals surface area contributed by atoms with Gasteiger partial charge in [0.25, 0.3) is 0 Å². The van der Waals surface area contributed by atoms with Gasteiger partial charge >= 0.3 is 6.09 Å². The molecule has 100 valence electrons. The van der Waals surface area contributed by atoms with Crippen LogP contribution in [0.4, 0.5) is 9.93 Å². The molecule has 1 aromatic rings. The first-order chi connectivity index (χ1) is 8.11. The van der Waals surface area contributed by atoms with Crippen LogP contribution in [-0.2, 0) is 16.8 Å². The van der Waals surface area contributed by atoms with Gasteiger partial charge in [0.15, 0.2) is 5.13 Å². The van der Waals surface area contributed by atoms with Gasteiger partial charge in [-0.2, -0.15) is 0 Å². The van der Waals surface area contributed by atoms with E-state index < -0.39 is 11.1 Å².